The maximum atomic E-state index is 14.4. The Morgan fingerprint density at radius 2 is 1.82 bits per heavy atom. The van der Waals surface area contributed by atoms with Gasteiger partial charge in [-0.25, -0.2) is 13.8 Å². The van der Waals surface area contributed by atoms with Crippen LogP contribution in [0, 0.1) is 12.7 Å². The standard InChI is InChI=1S/C27H33FN6O5S/c1-15(2)39-20(18-13-17(28)9-10-19(18)38-8)14-32-24-21(16(3)23(40-24)34-29-11-12-30-34)22(35)33(26(32)37)27(4,5)25(36)31(6)7/h9-13,15,20H,14H2,1-8H3/t20-/m0/s1. The Hall–Kier alpha value is -3.84. The number of hydrogen-bond donors (Lipinski definition) is 0. The monoisotopic (exact) mass is 572 g/mol. The van der Waals surface area contributed by atoms with Gasteiger partial charge in [-0.3, -0.25) is 14.2 Å². The molecule has 0 bridgehead atoms. The second kappa shape index (κ2) is 11.0. The summed E-state index contributed by atoms with van der Waals surface area (Å²) in [6, 6.07) is 4.08. The Kier molecular flexibility index (Phi) is 7.99. The number of nitrogens with zero attached hydrogens (tertiary/aromatic N) is 6. The number of fused-ring (bicyclic) bond motifs is 1. The van der Waals surface area contributed by atoms with E-state index in [4.69, 9.17) is 9.47 Å². The highest BCUT2D eigenvalue weighted by Gasteiger charge is 2.37. The molecule has 11 nitrogen and oxygen atoms in total. The molecule has 0 fully saturated rings. The van der Waals surface area contributed by atoms with Crippen LogP contribution in [0.3, 0.4) is 0 Å². The molecule has 0 saturated carbocycles. The topological polar surface area (TPSA) is 113 Å². The van der Waals surface area contributed by atoms with Crippen molar-refractivity contribution in [3.05, 3.63) is 68.4 Å². The third-order valence-corrected chi connectivity index (χ3v) is 7.88. The number of carbonyl (C=O) groups is 1. The van der Waals surface area contributed by atoms with Gasteiger partial charge in [0, 0.05) is 25.2 Å². The highest BCUT2D eigenvalue weighted by atomic mass is 32.1. The lowest BCUT2D eigenvalue weighted by molar-refractivity contribution is -0.136. The van der Waals surface area contributed by atoms with Crippen molar-refractivity contribution >= 4 is 27.5 Å². The van der Waals surface area contributed by atoms with E-state index in [9.17, 15) is 18.8 Å². The lowest BCUT2D eigenvalue weighted by Crippen LogP contribution is -2.55. The molecule has 40 heavy (non-hydrogen) atoms. The number of hydrogen-bond acceptors (Lipinski definition) is 8. The van der Waals surface area contributed by atoms with Crippen LogP contribution in [0.25, 0.3) is 15.2 Å². The number of thiophene rings is 1. The average molecular weight is 573 g/mol. The van der Waals surface area contributed by atoms with E-state index < -0.39 is 34.6 Å². The molecule has 0 radical (unpaired) electrons. The van der Waals surface area contributed by atoms with Crippen LogP contribution >= 0.6 is 11.3 Å². The summed E-state index contributed by atoms with van der Waals surface area (Å²) in [4.78, 5) is 44.5. The zero-order valence-electron chi connectivity index (χ0n) is 23.8. The molecule has 0 saturated heterocycles. The normalized spacial score (nSPS) is 12.8. The Labute approximate surface area is 234 Å². The van der Waals surface area contributed by atoms with Crippen molar-refractivity contribution < 1.29 is 18.7 Å². The minimum absolute atomic E-state index is 0.0915. The molecule has 1 atom stereocenters. The van der Waals surface area contributed by atoms with E-state index in [1.165, 1.54) is 77.2 Å². The van der Waals surface area contributed by atoms with E-state index in [-0.39, 0.29) is 18.0 Å². The number of rotatable bonds is 9. The van der Waals surface area contributed by atoms with Gasteiger partial charge in [0.2, 0.25) is 5.91 Å². The lowest BCUT2D eigenvalue weighted by Gasteiger charge is -2.30. The Bertz CT molecular complexity index is 1670. The molecular formula is C27H33FN6O5S. The van der Waals surface area contributed by atoms with Crippen LogP contribution in [0.1, 0.15) is 44.9 Å². The summed E-state index contributed by atoms with van der Waals surface area (Å²) in [7, 11) is 4.59. The molecular weight excluding hydrogens is 539 g/mol. The number of likely N-dealkylation sites (N-methyl/N-ethyl adjacent to an activating group) is 1. The first kappa shape index (κ1) is 29.2. The number of ether oxygens (including phenoxy) is 2. The smallest absolute Gasteiger partial charge is 0.333 e. The van der Waals surface area contributed by atoms with Gasteiger partial charge in [0.05, 0.1) is 37.5 Å². The number of aromatic nitrogens is 5. The van der Waals surface area contributed by atoms with Crippen LogP contribution in [0.5, 0.6) is 5.75 Å². The van der Waals surface area contributed by atoms with Gasteiger partial charge < -0.3 is 14.4 Å². The second-order valence-electron chi connectivity index (χ2n) is 10.4. The summed E-state index contributed by atoms with van der Waals surface area (Å²) in [6.07, 6.45) is 1.89. The largest absolute Gasteiger partial charge is 0.496 e. The highest BCUT2D eigenvalue weighted by Crippen LogP contribution is 2.34. The Morgan fingerprint density at radius 3 is 2.40 bits per heavy atom. The zero-order chi connectivity index (χ0) is 29.5. The molecule has 0 aliphatic heterocycles. The number of aryl methyl sites for hydroxylation is 1. The van der Waals surface area contributed by atoms with Gasteiger partial charge >= 0.3 is 5.69 Å². The first-order valence-corrected chi connectivity index (χ1v) is 13.5. The summed E-state index contributed by atoms with van der Waals surface area (Å²) in [5, 5.41) is 9.21. The minimum atomic E-state index is -1.52. The SMILES string of the molecule is COc1ccc(F)cc1[C@H](Cn1c(=O)n(C(C)(C)C(=O)N(C)C)c(=O)c2c(C)c(-n3nccn3)sc21)OC(C)C. The fourth-order valence-corrected chi connectivity index (χ4v) is 6.03. The van der Waals surface area contributed by atoms with Gasteiger partial charge in [0.15, 0.2) is 0 Å². The van der Waals surface area contributed by atoms with Crippen molar-refractivity contribution in [3.63, 3.8) is 0 Å². The molecule has 4 rings (SSSR count). The number of halogens is 1. The molecule has 3 aromatic heterocycles. The Balaban J connectivity index is 2.07. The highest BCUT2D eigenvalue weighted by molar-refractivity contribution is 7.21. The fraction of sp³-hybridized carbons (Fsp3) is 0.444. The zero-order valence-corrected chi connectivity index (χ0v) is 24.6. The van der Waals surface area contributed by atoms with Gasteiger partial charge in [0.25, 0.3) is 5.56 Å². The molecule has 1 amide bonds. The number of amides is 1. The van der Waals surface area contributed by atoms with Crippen LogP contribution in [-0.4, -0.2) is 62.2 Å². The van der Waals surface area contributed by atoms with Gasteiger partial charge in [-0.1, -0.05) is 11.3 Å². The predicted octanol–water partition coefficient (Wildman–Crippen LogP) is 3.25. The number of carbonyl (C=O) groups excluding carboxylic acids is 1. The molecule has 0 aliphatic rings. The molecule has 0 unspecified atom stereocenters. The molecule has 0 N–H and O–H groups in total. The van der Waals surface area contributed by atoms with E-state index in [1.54, 1.807) is 21.0 Å². The second-order valence-corrected chi connectivity index (χ2v) is 11.4. The predicted molar refractivity (Wildman–Crippen MR) is 150 cm³/mol. The van der Waals surface area contributed by atoms with Crippen molar-refractivity contribution in [2.45, 2.75) is 58.9 Å². The van der Waals surface area contributed by atoms with Gasteiger partial charge in [-0.2, -0.15) is 10.2 Å². The average Bonchev–Trinajstić information content (AvgIpc) is 3.53. The third kappa shape index (κ3) is 5.06. The van der Waals surface area contributed by atoms with Gasteiger partial charge in [-0.05, 0) is 52.8 Å². The molecule has 0 aliphatic carbocycles. The third-order valence-electron chi connectivity index (χ3n) is 6.60. The van der Waals surface area contributed by atoms with Gasteiger partial charge in [-0.15, -0.1) is 4.80 Å². The quantitative estimate of drug-likeness (QED) is 0.303. The lowest BCUT2D eigenvalue weighted by atomic mass is 10.0. The van der Waals surface area contributed by atoms with E-state index in [1.807, 2.05) is 13.8 Å². The van der Waals surface area contributed by atoms with Crippen LogP contribution in [-0.2, 0) is 21.6 Å². The molecule has 4 aromatic rings. The summed E-state index contributed by atoms with van der Waals surface area (Å²) in [5.41, 5.74) is -1.86. The van der Waals surface area contributed by atoms with Crippen molar-refractivity contribution in [2.24, 2.45) is 0 Å². The van der Waals surface area contributed by atoms with Crippen molar-refractivity contribution in [3.8, 4) is 10.8 Å². The molecule has 214 valence electrons. The summed E-state index contributed by atoms with van der Waals surface area (Å²) >= 11 is 1.17. The molecule has 13 heteroatoms. The van der Waals surface area contributed by atoms with Crippen LogP contribution in [0.2, 0.25) is 0 Å². The van der Waals surface area contributed by atoms with Crippen LogP contribution in [0.4, 0.5) is 4.39 Å². The van der Waals surface area contributed by atoms with Crippen molar-refractivity contribution in [1.82, 2.24) is 29.0 Å². The number of methoxy groups -OCH3 is 1. The van der Waals surface area contributed by atoms with E-state index in [0.29, 0.717) is 26.7 Å². The fourth-order valence-electron chi connectivity index (χ4n) is 4.81. The first-order valence-electron chi connectivity index (χ1n) is 12.7. The van der Waals surface area contributed by atoms with E-state index in [0.717, 1.165) is 4.57 Å². The summed E-state index contributed by atoms with van der Waals surface area (Å²) < 4.78 is 28.5. The maximum absolute atomic E-state index is 14.4. The molecule has 3 heterocycles. The first-order chi connectivity index (χ1) is 18.8. The summed E-state index contributed by atoms with van der Waals surface area (Å²) in [5.74, 6) is -0.537. The molecule has 0 spiro atoms. The minimum Gasteiger partial charge on any atom is -0.496 e. The number of benzene rings is 1. The van der Waals surface area contributed by atoms with Crippen LogP contribution in [0.15, 0.2) is 40.2 Å². The van der Waals surface area contributed by atoms with Crippen LogP contribution < -0.4 is 16.0 Å². The van der Waals surface area contributed by atoms with Crippen molar-refractivity contribution in [1.29, 1.82) is 0 Å². The molecule has 1 aromatic carbocycles. The van der Waals surface area contributed by atoms with Crippen molar-refractivity contribution in [2.75, 3.05) is 21.2 Å². The van der Waals surface area contributed by atoms with E-state index in [2.05, 4.69) is 10.2 Å². The van der Waals surface area contributed by atoms with E-state index >= 15 is 0 Å². The van der Waals surface area contributed by atoms with Gasteiger partial charge in [0.1, 0.15) is 33.0 Å². The summed E-state index contributed by atoms with van der Waals surface area (Å²) in [6.45, 7) is 8.37. The maximum Gasteiger partial charge on any atom is 0.333 e. The Morgan fingerprint density at radius 1 is 1.18 bits per heavy atom.